The third kappa shape index (κ3) is 43.8. The zero-order chi connectivity index (χ0) is 99.2. The van der Waals surface area contributed by atoms with Crippen molar-refractivity contribution in [2.75, 3.05) is 26.4 Å². The van der Waals surface area contributed by atoms with Gasteiger partial charge in [-0.1, -0.05) is 349 Å². The topological polar surface area (TPSA) is 279 Å². The number of hydrogen-bond acceptors (Lipinski definition) is 18. The molecule has 3 atom stereocenters. The van der Waals surface area contributed by atoms with Crippen LogP contribution in [0, 0.1) is 13.8 Å². The summed E-state index contributed by atoms with van der Waals surface area (Å²) in [6.07, 6.45) is 27.5. The molecule has 0 spiro atoms. The summed E-state index contributed by atoms with van der Waals surface area (Å²) < 4.78 is 32.9. The average molecular weight is 1830 g/mol. The number of rotatable bonds is 48. The van der Waals surface area contributed by atoms with Gasteiger partial charge in [0.2, 0.25) is 0 Å². The number of phenols is 5. The van der Waals surface area contributed by atoms with E-state index in [1.165, 1.54) is 94.6 Å². The number of unbranched alkanes of at least 4 members (excludes halogenated alkanes) is 19. The van der Waals surface area contributed by atoms with E-state index in [-0.39, 0.29) is 112 Å². The molecule has 740 valence electrons. The highest BCUT2D eigenvalue weighted by Crippen LogP contribution is 2.45. The van der Waals surface area contributed by atoms with Crippen molar-refractivity contribution in [3.63, 3.8) is 0 Å². The van der Waals surface area contributed by atoms with Crippen LogP contribution < -0.4 is 0 Å². The molecule has 3 unspecified atom stereocenters. The van der Waals surface area contributed by atoms with Gasteiger partial charge in [-0.3, -0.25) is 24.0 Å². The minimum Gasteiger partial charge on any atom is -0.507 e. The zero-order valence-electron chi connectivity index (χ0n) is 87.3. The van der Waals surface area contributed by atoms with Gasteiger partial charge >= 0.3 is 35.8 Å². The van der Waals surface area contributed by atoms with Crippen molar-refractivity contribution < 1.29 is 87.8 Å². The van der Waals surface area contributed by atoms with Crippen LogP contribution in [0.25, 0.3) is 0 Å². The molecule has 0 aliphatic heterocycles. The van der Waals surface area contributed by atoms with Gasteiger partial charge in [-0.15, -0.1) is 0 Å². The average Bonchev–Trinajstić information content (AvgIpc) is 0.789. The van der Waals surface area contributed by atoms with Gasteiger partial charge in [0.25, 0.3) is 0 Å². The highest BCUT2D eigenvalue weighted by atomic mass is 16.6. The predicted molar refractivity (Wildman–Crippen MR) is 534 cm³/mol. The lowest BCUT2D eigenvalue weighted by Gasteiger charge is -2.28. The number of carbonyl (C=O) groups is 6. The fourth-order valence-electron chi connectivity index (χ4n) is 16.2. The van der Waals surface area contributed by atoms with Gasteiger partial charge in [0, 0.05) is 32.1 Å². The lowest BCUT2D eigenvalue weighted by atomic mass is 9.78. The first-order valence-electron chi connectivity index (χ1n) is 49.7. The largest absolute Gasteiger partial charge is 0.507 e. The van der Waals surface area contributed by atoms with E-state index in [0.717, 1.165) is 143 Å². The molecule has 131 heavy (non-hydrogen) atoms. The molecule has 0 saturated heterocycles. The lowest BCUT2D eigenvalue weighted by Crippen LogP contribution is -2.37. The van der Waals surface area contributed by atoms with Gasteiger partial charge < -0.3 is 59.1 Å². The SMILES string of the molecule is CC(OC(=O)CCc1cc(C(C)(C)C)c(O)c(C(C)(C)C)c1)C(COC(=O)CCc1cc(C(C)(C)C)c(O)c(C(C)(C)C)c1)OC(=O)CCc1cc(C(C)(C)C)c(O)c(C(C)(C)C)c1.CCCCCCCCCCCCCCCCCC(=O)OCCOC(=O)CCCCCCc1cc(C)c(O)c(C(C)(C)C)c1.CCOC(=O)C(O)CCCCCc1cc(C)c(O)c(C(C)(C)C)c1. The smallest absolute Gasteiger partial charge is 0.334 e. The molecule has 6 N–H and O–H groups in total. The number of aliphatic hydroxyl groups is 1. The summed E-state index contributed by atoms with van der Waals surface area (Å²) in [7, 11) is 0. The maximum atomic E-state index is 13.6. The molecule has 0 saturated carbocycles. The van der Waals surface area contributed by atoms with Crippen molar-refractivity contribution in [1.82, 2.24) is 0 Å². The normalized spacial score (nSPS) is 13.0. The van der Waals surface area contributed by atoms with Crippen LogP contribution in [-0.2, 0) is 133 Å². The zero-order valence-corrected chi connectivity index (χ0v) is 87.3. The number of carbonyl (C=O) groups excluding carboxylic acids is 6. The molecule has 18 heteroatoms. The van der Waals surface area contributed by atoms with E-state index in [1.54, 1.807) is 13.8 Å². The number of phenolic OH excluding ortho intramolecular Hbond substituents is 5. The molecule has 5 aromatic carbocycles. The lowest BCUT2D eigenvalue weighted by molar-refractivity contribution is -0.174. The first-order valence-corrected chi connectivity index (χ1v) is 49.7. The Morgan fingerprint density at radius 1 is 0.290 bits per heavy atom. The summed E-state index contributed by atoms with van der Waals surface area (Å²) in [5.74, 6) is -0.911. The highest BCUT2D eigenvalue weighted by molar-refractivity contribution is 5.74. The number of benzene rings is 5. The molecular weight excluding hydrogens is 1650 g/mol. The maximum absolute atomic E-state index is 13.6. The Hall–Kier alpha value is -8.12. The van der Waals surface area contributed by atoms with Crippen LogP contribution in [-0.4, -0.2) is 111 Å². The van der Waals surface area contributed by atoms with Crippen LogP contribution in [0.15, 0.2) is 60.7 Å². The standard InChI is InChI=1S/C55H82O9.C38H66O5.C20H32O4/c1-33(63-45(57)24-21-35-28-39(52(8,9)10)48(60)40(29-35)53(11,12)13)43(64-46(58)25-22-36-30-41(54(14,15)16)49(61)42(31-36)55(17,18)19)32-62-44(56)23-20-34-26-37(50(2,3)4)47(59)38(27-34)51(5,6)7;1-6-7-8-9-10-11-12-13-14-15-16-17-18-19-23-26-35(39)42-28-29-43-36(40)27-24-21-20-22-25-33-30-32(2)37(41)34(31-33)38(3,4)5;1-6-24-19(23)17(21)11-9-7-8-10-15-12-14(2)18(22)16(13-15)20(3,4)5/h26-31,33,43,59-61H,20-25,32H2,1-19H3;30-31,41H,6-29H2,1-5H3;12-13,17,21-22H,6-11H2,1-5H3. The van der Waals surface area contributed by atoms with Crippen LogP contribution in [0.2, 0.25) is 0 Å². The second-order valence-corrected chi connectivity index (χ2v) is 45.1. The molecule has 0 amide bonds. The Labute approximate surface area is 792 Å². The Kier molecular flexibility index (Phi) is 49.2. The predicted octanol–water partition coefficient (Wildman–Crippen LogP) is 27.0. The Morgan fingerprint density at radius 2 is 0.542 bits per heavy atom. The molecular formula is C113H180O18. The quantitative estimate of drug-likeness (QED) is 0.0120. The van der Waals surface area contributed by atoms with E-state index in [1.807, 2.05) is 181 Å². The van der Waals surface area contributed by atoms with Crippen molar-refractivity contribution in [3.8, 4) is 28.7 Å². The Morgan fingerprint density at radius 3 is 0.840 bits per heavy atom. The first-order chi connectivity index (χ1) is 60.7. The third-order valence-electron chi connectivity index (χ3n) is 24.3. The number of esters is 6. The summed E-state index contributed by atoms with van der Waals surface area (Å²) in [6.45, 7) is 59.1. The van der Waals surface area contributed by atoms with E-state index in [0.29, 0.717) is 56.6 Å². The number of aryl methyl sites for hydroxylation is 7. The van der Waals surface area contributed by atoms with Gasteiger partial charge in [-0.05, 0) is 219 Å². The minimum atomic E-state index is -1.09. The van der Waals surface area contributed by atoms with Crippen LogP contribution in [0.1, 0.15) is 450 Å². The minimum absolute atomic E-state index is 0.00317. The van der Waals surface area contributed by atoms with E-state index < -0.39 is 42.2 Å². The molecule has 18 nitrogen and oxygen atoms in total. The van der Waals surface area contributed by atoms with E-state index in [9.17, 15) is 59.4 Å². The second-order valence-electron chi connectivity index (χ2n) is 45.1. The maximum Gasteiger partial charge on any atom is 0.334 e. The third-order valence-corrected chi connectivity index (χ3v) is 24.3. The van der Waals surface area contributed by atoms with Crippen LogP contribution >= 0.6 is 0 Å². The number of aliphatic hydroxyl groups excluding tert-OH is 1. The number of aromatic hydroxyl groups is 5. The molecule has 0 radical (unpaired) electrons. The summed E-state index contributed by atoms with van der Waals surface area (Å²) in [5.41, 5.74) is 11.6. The van der Waals surface area contributed by atoms with Crippen molar-refractivity contribution in [1.29, 1.82) is 0 Å². The van der Waals surface area contributed by atoms with Crippen LogP contribution in [0.3, 0.4) is 0 Å². The van der Waals surface area contributed by atoms with E-state index >= 15 is 0 Å². The van der Waals surface area contributed by atoms with E-state index in [2.05, 4.69) is 66.7 Å². The van der Waals surface area contributed by atoms with Crippen molar-refractivity contribution >= 4 is 35.8 Å². The van der Waals surface area contributed by atoms with Crippen LogP contribution in [0.4, 0.5) is 0 Å². The molecule has 5 aromatic rings. The monoisotopic (exact) mass is 1830 g/mol. The van der Waals surface area contributed by atoms with Crippen molar-refractivity contribution in [2.45, 2.75) is 474 Å². The molecule has 0 fully saturated rings. The molecule has 0 bridgehead atoms. The highest BCUT2D eigenvalue weighted by Gasteiger charge is 2.34. The fraction of sp³-hybridized carbons (Fsp3) is 0.681. The van der Waals surface area contributed by atoms with Gasteiger partial charge in [-0.25, -0.2) is 4.79 Å². The summed E-state index contributed by atoms with van der Waals surface area (Å²) in [5, 5.41) is 63.9. The van der Waals surface area contributed by atoms with Gasteiger partial charge in [0.05, 0.1) is 6.61 Å². The summed E-state index contributed by atoms with van der Waals surface area (Å²) in [6, 6.07) is 20.0. The molecule has 5 rings (SSSR count). The molecule has 0 aliphatic rings. The molecule has 0 heterocycles. The summed E-state index contributed by atoms with van der Waals surface area (Å²) in [4.78, 5) is 75.7. The summed E-state index contributed by atoms with van der Waals surface area (Å²) >= 11 is 0. The van der Waals surface area contributed by atoms with Gasteiger partial charge in [0.15, 0.2) is 12.2 Å². The fourth-order valence-corrected chi connectivity index (χ4v) is 16.2. The number of ether oxygens (including phenoxy) is 6. The van der Waals surface area contributed by atoms with Crippen molar-refractivity contribution in [3.05, 3.63) is 144 Å². The Bertz CT molecular complexity index is 4220. The molecule has 0 aromatic heterocycles. The van der Waals surface area contributed by atoms with Crippen molar-refractivity contribution in [2.24, 2.45) is 0 Å². The van der Waals surface area contributed by atoms with Gasteiger partial charge in [0.1, 0.15) is 54.7 Å². The molecule has 0 aliphatic carbocycles. The van der Waals surface area contributed by atoms with E-state index in [4.69, 9.17) is 28.4 Å². The first kappa shape index (κ1) is 117. The number of hydrogen-bond donors (Lipinski definition) is 6. The Balaban J connectivity index is 0.000000565. The van der Waals surface area contributed by atoms with Crippen LogP contribution in [0.5, 0.6) is 28.7 Å². The van der Waals surface area contributed by atoms with Gasteiger partial charge in [-0.2, -0.15) is 0 Å². The second kappa shape index (κ2) is 55.0.